The summed E-state index contributed by atoms with van der Waals surface area (Å²) in [5, 5.41) is 0. The maximum Gasteiger partial charge on any atom is 0.182 e. The van der Waals surface area contributed by atoms with E-state index < -0.39 is 0 Å². The first-order valence-electron chi connectivity index (χ1n) is 6.47. The number of H-pyrrole nitrogens is 1. The topological polar surface area (TPSA) is 42.8 Å². The van der Waals surface area contributed by atoms with Gasteiger partial charge in [-0.05, 0) is 56.4 Å². The smallest absolute Gasteiger partial charge is 0.182 e. The summed E-state index contributed by atoms with van der Waals surface area (Å²) in [6.45, 7) is 4.02. The summed E-state index contributed by atoms with van der Waals surface area (Å²) in [6, 6.07) is 9.86. The Kier molecular flexibility index (Phi) is 3.28. The largest absolute Gasteiger partial charge is 0.491 e. The highest BCUT2D eigenvalue weighted by Gasteiger charge is 2.06. The van der Waals surface area contributed by atoms with Gasteiger partial charge in [0.15, 0.2) is 4.77 Å². The highest BCUT2D eigenvalue weighted by Crippen LogP contribution is 2.21. The van der Waals surface area contributed by atoms with E-state index in [-0.39, 0.29) is 6.10 Å². The molecule has 0 spiro atoms. The van der Waals surface area contributed by atoms with Gasteiger partial charge in [-0.2, -0.15) is 0 Å². The van der Waals surface area contributed by atoms with Gasteiger partial charge in [-0.3, -0.25) is 9.55 Å². The number of imidazole rings is 1. The van der Waals surface area contributed by atoms with Crippen LogP contribution in [0.25, 0.3) is 16.7 Å². The third kappa shape index (κ3) is 2.32. The molecule has 0 aliphatic heterocycles. The van der Waals surface area contributed by atoms with Gasteiger partial charge in [0.25, 0.3) is 0 Å². The number of hydrogen-bond donors (Lipinski definition) is 1. The minimum absolute atomic E-state index is 0.169. The molecule has 2 aromatic heterocycles. The Morgan fingerprint density at radius 2 is 1.95 bits per heavy atom. The normalized spacial score (nSPS) is 11.2. The fourth-order valence-corrected chi connectivity index (χ4v) is 2.47. The molecule has 0 saturated carbocycles. The number of rotatable bonds is 3. The zero-order valence-corrected chi connectivity index (χ0v) is 12.1. The van der Waals surface area contributed by atoms with E-state index in [9.17, 15) is 0 Å². The Morgan fingerprint density at radius 3 is 2.65 bits per heavy atom. The minimum atomic E-state index is 0.169. The van der Waals surface area contributed by atoms with Crippen molar-refractivity contribution in [2.24, 2.45) is 0 Å². The molecule has 20 heavy (non-hydrogen) atoms. The van der Waals surface area contributed by atoms with Crippen molar-refractivity contribution in [3.05, 3.63) is 47.5 Å². The molecule has 0 radical (unpaired) electrons. The Morgan fingerprint density at radius 1 is 1.20 bits per heavy atom. The van der Waals surface area contributed by atoms with E-state index in [0.717, 1.165) is 22.5 Å². The van der Waals surface area contributed by atoms with Crippen molar-refractivity contribution in [2.75, 3.05) is 0 Å². The molecular weight excluding hydrogens is 270 g/mol. The number of nitrogens with one attached hydrogen (secondary N) is 1. The van der Waals surface area contributed by atoms with E-state index in [1.165, 1.54) is 0 Å². The molecule has 0 saturated heterocycles. The van der Waals surface area contributed by atoms with Crippen LogP contribution in [0.3, 0.4) is 0 Å². The van der Waals surface area contributed by atoms with Crippen LogP contribution in [0.15, 0.2) is 42.7 Å². The van der Waals surface area contributed by atoms with Gasteiger partial charge in [-0.25, -0.2) is 0 Å². The van der Waals surface area contributed by atoms with Crippen LogP contribution in [0, 0.1) is 4.77 Å². The van der Waals surface area contributed by atoms with Crippen LogP contribution >= 0.6 is 12.2 Å². The van der Waals surface area contributed by atoms with Crippen molar-refractivity contribution in [3.8, 4) is 11.4 Å². The molecule has 0 unspecified atom stereocenters. The minimum Gasteiger partial charge on any atom is -0.491 e. The zero-order chi connectivity index (χ0) is 14.1. The van der Waals surface area contributed by atoms with Crippen LogP contribution in [0.2, 0.25) is 0 Å². The van der Waals surface area contributed by atoms with Crippen molar-refractivity contribution in [1.82, 2.24) is 14.5 Å². The predicted molar refractivity (Wildman–Crippen MR) is 82.0 cm³/mol. The third-order valence-electron chi connectivity index (χ3n) is 2.95. The summed E-state index contributed by atoms with van der Waals surface area (Å²) in [4.78, 5) is 7.25. The molecule has 3 rings (SSSR count). The lowest BCUT2D eigenvalue weighted by Gasteiger charge is -2.10. The average molecular weight is 285 g/mol. The lowest BCUT2D eigenvalue weighted by atomic mass is 10.3. The van der Waals surface area contributed by atoms with E-state index in [4.69, 9.17) is 17.0 Å². The summed E-state index contributed by atoms with van der Waals surface area (Å²) in [5.41, 5.74) is 2.95. The lowest BCUT2D eigenvalue weighted by molar-refractivity contribution is 0.242. The van der Waals surface area contributed by atoms with Crippen LogP contribution in [0.4, 0.5) is 0 Å². The number of benzene rings is 1. The fraction of sp³-hybridized carbons (Fsp3) is 0.200. The Hall–Kier alpha value is -2.14. The van der Waals surface area contributed by atoms with E-state index >= 15 is 0 Å². The number of ether oxygens (including phenoxy) is 1. The van der Waals surface area contributed by atoms with Crippen LogP contribution in [-0.4, -0.2) is 20.6 Å². The van der Waals surface area contributed by atoms with E-state index in [1.54, 1.807) is 12.4 Å². The van der Waals surface area contributed by atoms with Gasteiger partial charge in [0.05, 0.1) is 23.3 Å². The lowest BCUT2D eigenvalue weighted by Crippen LogP contribution is -2.05. The second kappa shape index (κ2) is 5.09. The van der Waals surface area contributed by atoms with Gasteiger partial charge in [-0.1, -0.05) is 0 Å². The molecule has 1 aromatic carbocycles. The fourth-order valence-electron chi connectivity index (χ4n) is 2.16. The average Bonchev–Trinajstić information content (AvgIpc) is 2.75. The molecule has 3 aromatic rings. The van der Waals surface area contributed by atoms with Crippen molar-refractivity contribution < 1.29 is 4.74 Å². The number of pyridine rings is 1. The standard InChI is InChI=1S/C15H15N3OS/c1-10(2)19-12-5-3-11(4-6-12)18-14-7-8-16-9-13(14)17-15(18)20/h3-10H,1-2H3,(H,17,20). The molecular formula is C15H15N3OS. The molecule has 4 nitrogen and oxygen atoms in total. The molecule has 2 heterocycles. The van der Waals surface area contributed by atoms with Gasteiger partial charge in [0, 0.05) is 11.9 Å². The maximum absolute atomic E-state index is 5.65. The summed E-state index contributed by atoms with van der Waals surface area (Å²) in [5.74, 6) is 0.858. The highest BCUT2D eigenvalue weighted by molar-refractivity contribution is 7.71. The maximum atomic E-state index is 5.65. The number of hydrogen-bond acceptors (Lipinski definition) is 3. The summed E-state index contributed by atoms with van der Waals surface area (Å²) >= 11 is 5.39. The highest BCUT2D eigenvalue weighted by atomic mass is 32.1. The third-order valence-corrected chi connectivity index (χ3v) is 3.23. The molecule has 0 amide bonds. The zero-order valence-electron chi connectivity index (χ0n) is 11.3. The number of nitrogens with zero attached hydrogens (tertiary/aromatic N) is 2. The first-order chi connectivity index (χ1) is 9.65. The quantitative estimate of drug-likeness (QED) is 0.743. The first kappa shape index (κ1) is 12.9. The second-order valence-electron chi connectivity index (χ2n) is 4.82. The molecule has 102 valence electrons. The number of aromatic nitrogens is 3. The second-order valence-corrected chi connectivity index (χ2v) is 5.21. The van der Waals surface area contributed by atoms with Crippen molar-refractivity contribution in [2.45, 2.75) is 20.0 Å². The van der Waals surface area contributed by atoms with Crippen LogP contribution in [0.5, 0.6) is 5.75 Å². The molecule has 1 N–H and O–H groups in total. The van der Waals surface area contributed by atoms with Gasteiger partial charge >= 0.3 is 0 Å². The Bertz CT molecular complexity index is 787. The summed E-state index contributed by atoms with van der Waals surface area (Å²) in [7, 11) is 0. The van der Waals surface area contributed by atoms with Gasteiger partial charge in [0.2, 0.25) is 0 Å². The Balaban J connectivity index is 2.07. The van der Waals surface area contributed by atoms with Crippen molar-refractivity contribution in [3.63, 3.8) is 0 Å². The van der Waals surface area contributed by atoms with E-state index in [0.29, 0.717) is 4.77 Å². The van der Waals surface area contributed by atoms with Crippen molar-refractivity contribution >= 4 is 23.3 Å². The first-order valence-corrected chi connectivity index (χ1v) is 6.88. The van der Waals surface area contributed by atoms with Gasteiger partial charge in [0.1, 0.15) is 5.75 Å². The number of fused-ring (bicyclic) bond motifs is 1. The monoisotopic (exact) mass is 285 g/mol. The Labute approximate surface area is 122 Å². The SMILES string of the molecule is CC(C)Oc1ccc(-n2c(=S)[nH]c3cnccc32)cc1. The molecule has 5 heteroatoms. The van der Waals surface area contributed by atoms with Crippen molar-refractivity contribution in [1.29, 1.82) is 0 Å². The van der Waals surface area contributed by atoms with Crippen LogP contribution in [-0.2, 0) is 0 Å². The van der Waals surface area contributed by atoms with E-state index in [1.807, 2.05) is 48.7 Å². The van der Waals surface area contributed by atoms with Crippen LogP contribution < -0.4 is 4.74 Å². The summed E-state index contributed by atoms with van der Waals surface area (Å²) < 4.78 is 8.30. The molecule has 0 fully saturated rings. The van der Waals surface area contributed by atoms with Crippen LogP contribution in [0.1, 0.15) is 13.8 Å². The molecule has 0 aliphatic rings. The van der Waals surface area contributed by atoms with E-state index in [2.05, 4.69) is 9.97 Å². The summed E-state index contributed by atoms with van der Waals surface area (Å²) in [6.07, 6.45) is 3.71. The number of aromatic amines is 1. The molecule has 0 bridgehead atoms. The van der Waals surface area contributed by atoms with Gasteiger partial charge in [-0.15, -0.1) is 0 Å². The predicted octanol–water partition coefficient (Wildman–Crippen LogP) is 3.87. The van der Waals surface area contributed by atoms with Gasteiger partial charge < -0.3 is 9.72 Å². The molecule has 0 atom stereocenters. The molecule has 0 aliphatic carbocycles.